The lowest BCUT2D eigenvalue weighted by Crippen LogP contribution is -1.83. The molecular weight excluding hydrogens is 197 g/mol. The molecule has 6 nitrogen and oxygen atoms in total. The second-order valence-electron chi connectivity index (χ2n) is 1.89. The van der Waals surface area contributed by atoms with Gasteiger partial charge in [-0.05, 0) is 6.07 Å². The highest BCUT2D eigenvalue weighted by Gasteiger charge is 2.00. The van der Waals surface area contributed by atoms with Gasteiger partial charge in [0.2, 0.25) is 5.88 Å². The van der Waals surface area contributed by atoms with Crippen molar-refractivity contribution in [2.75, 3.05) is 7.11 Å². The Hall–Kier alpha value is -0.940. The van der Waals surface area contributed by atoms with Crippen molar-refractivity contribution in [3.05, 3.63) is 24.4 Å². The van der Waals surface area contributed by atoms with Crippen molar-refractivity contribution in [3.63, 3.8) is 0 Å². The van der Waals surface area contributed by atoms with Crippen LogP contribution in [0.3, 0.4) is 0 Å². The molecule has 0 aliphatic carbocycles. The first-order valence-electron chi connectivity index (χ1n) is 3.17. The van der Waals surface area contributed by atoms with Crippen molar-refractivity contribution in [2.45, 2.75) is 0 Å². The topological polar surface area (TPSA) is 99.9 Å². The molecule has 0 unspecified atom stereocenters. The zero-order valence-electron chi connectivity index (χ0n) is 6.86. The molecule has 0 aliphatic rings. The fraction of sp³-hybridized carbons (Fsp3) is 0.167. The van der Waals surface area contributed by atoms with E-state index >= 15 is 0 Å². The predicted octanol–water partition coefficient (Wildman–Crippen LogP) is 0.162. The van der Waals surface area contributed by atoms with E-state index in [1.807, 2.05) is 12.1 Å². The molecule has 1 aromatic rings. The van der Waals surface area contributed by atoms with Crippen LogP contribution in [0.1, 0.15) is 0 Å². The van der Waals surface area contributed by atoms with Gasteiger partial charge in [0.1, 0.15) is 0 Å². The Bertz CT molecular complexity index is 263. The van der Waals surface area contributed by atoms with Crippen molar-refractivity contribution < 1.29 is 24.0 Å². The highest BCUT2D eigenvalue weighted by Crippen LogP contribution is 2.25. The quantitative estimate of drug-likeness (QED) is 0.567. The summed E-state index contributed by atoms with van der Waals surface area (Å²) in [5.41, 5.74) is 0. The monoisotopic (exact) mass is 207 g/mol. The molecule has 0 bridgehead atoms. The summed E-state index contributed by atoms with van der Waals surface area (Å²) in [5, 5.41) is 0. The first-order chi connectivity index (χ1) is 5.93. The number of aromatic nitrogens is 1. The molecule has 1 aromatic heterocycles. The van der Waals surface area contributed by atoms with Gasteiger partial charge in [-0.2, -0.15) is 0 Å². The molecular formula is C6H10NO5P. The van der Waals surface area contributed by atoms with Gasteiger partial charge in [-0.25, -0.2) is 9.55 Å². The van der Waals surface area contributed by atoms with Crippen molar-refractivity contribution in [3.8, 4) is 5.88 Å². The Kier molecular flexibility index (Phi) is 5.25. The Balaban J connectivity index is 0.000000252. The van der Waals surface area contributed by atoms with E-state index in [2.05, 4.69) is 4.98 Å². The van der Waals surface area contributed by atoms with Crippen molar-refractivity contribution >= 4 is 7.82 Å². The van der Waals surface area contributed by atoms with Crippen LogP contribution in [0, 0.1) is 0 Å². The molecule has 3 N–H and O–H groups in total. The fourth-order valence-corrected chi connectivity index (χ4v) is 0.468. The van der Waals surface area contributed by atoms with Gasteiger partial charge in [0, 0.05) is 12.3 Å². The molecule has 0 fully saturated rings. The zero-order valence-corrected chi connectivity index (χ0v) is 7.76. The molecule has 0 spiro atoms. The second kappa shape index (κ2) is 5.66. The van der Waals surface area contributed by atoms with Gasteiger partial charge >= 0.3 is 7.82 Å². The van der Waals surface area contributed by atoms with E-state index in [0.29, 0.717) is 5.88 Å². The van der Waals surface area contributed by atoms with Crippen LogP contribution in [0.15, 0.2) is 24.4 Å². The molecule has 0 atom stereocenters. The average Bonchev–Trinajstić information content (AvgIpc) is 2.03. The molecule has 74 valence electrons. The van der Waals surface area contributed by atoms with Crippen LogP contribution in [-0.2, 0) is 4.57 Å². The summed E-state index contributed by atoms with van der Waals surface area (Å²) < 4.78 is 13.7. The number of rotatable bonds is 1. The molecule has 0 aliphatic heterocycles. The first-order valence-corrected chi connectivity index (χ1v) is 4.73. The summed E-state index contributed by atoms with van der Waals surface area (Å²) in [4.78, 5) is 25.4. The van der Waals surface area contributed by atoms with Gasteiger partial charge < -0.3 is 19.4 Å². The predicted molar refractivity (Wildman–Crippen MR) is 45.1 cm³/mol. The summed E-state index contributed by atoms with van der Waals surface area (Å²) in [6.45, 7) is 0. The highest BCUT2D eigenvalue weighted by molar-refractivity contribution is 7.45. The van der Waals surface area contributed by atoms with Gasteiger partial charge in [-0.1, -0.05) is 6.07 Å². The number of methoxy groups -OCH3 is 1. The number of hydrogen-bond acceptors (Lipinski definition) is 3. The maximum absolute atomic E-state index is 8.88. The number of ether oxygens (including phenoxy) is 1. The number of pyridine rings is 1. The molecule has 0 saturated carbocycles. The largest absolute Gasteiger partial charge is 0.481 e. The Labute approximate surface area is 75.1 Å². The molecule has 1 heterocycles. The third-order valence-corrected chi connectivity index (χ3v) is 0.847. The normalized spacial score (nSPS) is 9.85. The minimum atomic E-state index is -4.64. The Morgan fingerprint density at radius 2 is 1.92 bits per heavy atom. The standard InChI is InChI=1S/C6H7NO.H3O4P/c1-8-6-4-2-3-5-7-6;1-5(2,3)4/h2-5H,1H3;(H3,1,2,3,4). The maximum atomic E-state index is 8.88. The molecule has 0 saturated heterocycles. The Morgan fingerprint density at radius 1 is 1.38 bits per heavy atom. The third-order valence-electron chi connectivity index (χ3n) is 0.847. The van der Waals surface area contributed by atoms with E-state index < -0.39 is 7.82 Å². The van der Waals surface area contributed by atoms with Gasteiger partial charge in [0.05, 0.1) is 7.11 Å². The number of nitrogens with zero attached hydrogens (tertiary/aromatic N) is 1. The Morgan fingerprint density at radius 3 is 2.15 bits per heavy atom. The van der Waals surface area contributed by atoms with Crippen LogP contribution < -0.4 is 4.74 Å². The summed E-state index contributed by atoms with van der Waals surface area (Å²) in [7, 11) is -3.04. The molecule has 0 radical (unpaired) electrons. The molecule has 13 heavy (non-hydrogen) atoms. The van der Waals surface area contributed by atoms with Crippen molar-refractivity contribution in [1.82, 2.24) is 4.98 Å². The van der Waals surface area contributed by atoms with E-state index in [-0.39, 0.29) is 0 Å². The summed E-state index contributed by atoms with van der Waals surface area (Å²) in [6, 6.07) is 5.54. The minimum absolute atomic E-state index is 0.660. The lowest BCUT2D eigenvalue weighted by atomic mass is 10.5. The average molecular weight is 207 g/mol. The number of phosphoric acid groups is 1. The SMILES string of the molecule is COc1ccccn1.O=P(O)(O)O. The molecule has 1 rings (SSSR count). The van der Waals surface area contributed by atoms with Crippen LogP contribution in [0.25, 0.3) is 0 Å². The summed E-state index contributed by atoms with van der Waals surface area (Å²) >= 11 is 0. The lowest BCUT2D eigenvalue weighted by molar-refractivity contribution is 0.275. The van der Waals surface area contributed by atoms with Crippen molar-refractivity contribution in [1.29, 1.82) is 0 Å². The lowest BCUT2D eigenvalue weighted by Gasteiger charge is -1.92. The van der Waals surface area contributed by atoms with Gasteiger partial charge in [0.15, 0.2) is 0 Å². The maximum Gasteiger partial charge on any atom is 0.466 e. The highest BCUT2D eigenvalue weighted by atomic mass is 31.2. The molecule has 0 aromatic carbocycles. The third kappa shape index (κ3) is 11.1. The second-order valence-corrected chi connectivity index (χ2v) is 2.91. The van der Waals surface area contributed by atoms with E-state index in [4.69, 9.17) is 24.0 Å². The summed E-state index contributed by atoms with van der Waals surface area (Å²) in [5.74, 6) is 0.660. The van der Waals surface area contributed by atoms with E-state index in [1.165, 1.54) is 0 Å². The van der Waals surface area contributed by atoms with Gasteiger partial charge in [0.25, 0.3) is 0 Å². The van der Waals surface area contributed by atoms with Crippen LogP contribution in [0.4, 0.5) is 0 Å². The number of hydrogen-bond donors (Lipinski definition) is 3. The fourth-order valence-electron chi connectivity index (χ4n) is 0.468. The van der Waals surface area contributed by atoms with Crippen LogP contribution in [-0.4, -0.2) is 26.8 Å². The first kappa shape index (κ1) is 12.1. The van der Waals surface area contributed by atoms with Crippen LogP contribution in [0.2, 0.25) is 0 Å². The zero-order chi connectivity index (χ0) is 10.3. The molecule has 7 heteroatoms. The summed E-state index contributed by atoms with van der Waals surface area (Å²) in [6.07, 6.45) is 1.69. The van der Waals surface area contributed by atoms with E-state index in [9.17, 15) is 0 Å². The van der Waals surface area contributed by atoms with Gasteiger partial charge in [-0.15, -0.1) is 0 Å². The van der Waals surface area contributed by atoms with Crippen LogP contribution in [0.5, 0.6) is 5.88 Å². The minimum Gasteiger partial charge on any atom is -0.481 e. The molecule has 0 amide bonds. The van der Waals surface area contributed by atoms with E-state index in [1.54, 1.807) is 19.4 Å². The van der Waals surface area contributed by atoms with Crippen molar-refractivity contribution in [2.24, 2.45) is 0 Å². The van der Waals surface area contributed by atoms with Gasteiger partial charge in [-0.3, -0.25) is 0 Å². The smallest absolute Gasteiger partial charge is 0.466 e. The van der Waals surface area contributed by atoms with Crippen LogP contribution >= 0.6 is 7.82 Å². The van der Waals surface area contributed by atoms with E-state index in [0.717, 1.165) is 0 Å².